The first kappa shape index (κ1) is 18.0. The Bertz CT molecular complexity index is 734. The van der Waals surface area contributed by atoms with Crippen molar-refractivity contribution in [2.24, 2.45) is 0 Å². The average molecular weight is 354 g/mol. The molecule has 24 heavy (non-hydrogen) atoms. The summed E-state index contributed by atoms with van der Waals surface area (Å²) in [4.78, 5) is 28.5. The third kappa shape index (κ3) is 5.09. The van der Waals surface area contributed by atoms with E-state index in [0.29, 0.717) is 12.5 Å². The van der Waals surface area contributed by atoms with Gasteiger partial charge in [-0.3, -0.25) is 9.59 Å². The fourth-order valence-corrected chi connectivity index (χ4v) is 2.71. The van der Waals surface area contributed by atoms with E-state index in [1.54, 1.807) is 5.51 Å². The minimum Gasteiger partial charge on any atom is -0.465 e. The van der Waals surface area contributed by atoms with Crippen LogP contribution in [0.25, 0.3) is 0 Å². The topological polar surface area (TPSA) is 68.3 Å². The molecule has 2 aromatic rings. The van der Waals surface area contributed by atoms with Gasteiger partial charge in [-0.2, -0.15) is 0 Å². The number of nitrogens with zero attached hydrogens (tertiary/aromatic N) is 1. The van der Waals surface area contributed by atoms with Gasteiger partial charge in [0.05, 0.1) is 29.8 Å². The lowest BCUT2D eigenvalue weighted by molar-refractivity contribution is -0.143. The number of hydrogen-bond donors (Lipinski definition) is 1. The van der Waals surface area contributed by atoms with Crippen molar-refractivity contribution in [3.63, 3.8) is 0 Å². The summed E-state index contributed by atoms with van der Waals surface area (Å²) in [6, 6.07) is 2.67. The summed E-state index contributed by atoms with van der Waals surface area (Å²) in [5.74, 6) is -2.88. The molecule has 0 saturated carbocycles. The van der Waals surface area contributed by atoms with E-state index >= 15 is 0 Å². The van der Waals surface area contributed by atoms with Crippen molar-refractivity contribution < 1.29 is 23.1 Å². The van der Waals surface area contributed by atoms with Gasteiger partial charge in [0.15, 0.2) is 0 Å². The number of ether oxygens (including phenoxy) is 1. The van der Waals surface area contributed by atoms with E-state index in [2.05, 4.69) is 10.3 Å². The third-order valence-corrected chi connectivity index (χ3v) is 4.22. The molecule has 0 atom stereocenters. The molecule has 0 aliphatic heterocycles. The van der Waals surface area contributed by atoms with Crippen molar-refractivity contribution in [2.45, 2.75) is 19.8 Å². The van der Waals surface area contributed by atoms with Crippen molar-refractivity contribution in [2.75, 3.05) is 13.2 Å². The number of halogens is 2. The van der Waals surface area contributed by atoms with Gasteiger partial charge in [-0.05, 0) is 19.1 Å². The Morgan fingerprint density at radius 2 is 2.12 bits per heavy atom. The highest BCUT2D eigenvalue weighted by molar-refractivity contribution is 7.09. The van der Waals surface area contributed by atoms with Gasteiger partial charge >= 0.3 is 5.97 Å². The van der Waals surface area contributed by atoms with E-state index in [9.17, 15) is 18.4 Å². The molecule has 0 aliphatic rings. The predicted octanol–water partition coefficient (Wildman–Crippen LogP) is 2.64. The third-order valence-electron chi connectivity index (χ3n) is 3.23. The van der Waals surface area contributed by atoms with Gasteiger partial charge in [-0.25, -0.2) is 13.8 Å². The second-order valence-corrected chi connectivity index (χ2v) is 5.90. The number of nitrogens with one attached hydrogen (secondary N) is 1. The molecule has 1 aromatic carbocycles. The molecule has 1 N–H and O–H groups in total. The molecule has 1 amide bonds. The number of carbonyl (C=O) groups excluding carboxylic acids is 2. The van der Waals surface area contributed by atoms with E-state index in [4.69, 9.17) is 4.74 Å². The zero-order valence-electron chi connectivity index (χ0n) is 13.0. The number of aryl methyl sites for hydroxylation is 1. The summed E-state index contributed by atoms with van der Waals surface area (Å²) in [5.41, 5.74) is 2.38. The van der Waals surface area contributed by atoms with Gasteiger partial charge in [0.2, 0.25) is 0 Å². The first-order chi connectivity index (χ1) is 11.5. The maximum Gasteiger partial charge on any atom is 0.307 e. The van der Waals surface area contributed by atoms with Crippen LogP contribution in [0.4, 0.5) is 8.78 Å². The van der Waals surface area contributed by atoms with E-state index in [-0.39, 0.29) is 25.1 Å². The average Bonchev–Trinajstić information content (AvgIpc) is 2.92. The van der Waals surface area contributed by atoms with Crippen LogP contribution in [0, 0.1) is 18.6 Å². The highest BCUT2D eigenvalue weighted by Gasteiger charge is 2.13. The Hall–Kier alpha value is -2.35. The van der Waals surface area contributed by atoms with E-state index in [1.165, 1.54) is 11.3 Å². The first-order valence-electron chi connectivity index (χ1n) is 7.25. The van der Waals surface area contributed by atoms with Crippen LogP contribution >= 0.6 is 11.3 Å². The van der Waals surface area contributed by atoms with Crippen LogP contribution in [0.1, 0.15) is 27.3 Å². The summed E-state index contributed by atoms with van der Waals surface area (Å²) < 4.78 is 31.3. The smallest absolute Gasteiger partial charge is 0.307 e. The lowest BCUT2D eigenvalue weighted by Crippen LogP contribution is -2.27. The number of thiazole rings is 1. The van der Waals surface area contributed by atoms with Gasteiger partial charge in [0.25, 0.3) is 5.91 Å². The molecular weight excluding hydrogens is 338 g/mol. The molecule has 1 heterocycles. The van der Waals surface area contributed by atoms with E-state index in [1.807, 2.05) is 6.92 Å². The van der Waals surface area contributed by atoms with Crippen molar-refractivity contribution in [1.29, 1.82) is 0 Å². The predicted molar refractivity (Wildman–Crippen MR) is 84.8 cm³/mol. The normalized spacial score (nSPS) is 10.5. The van der Waals surface area contributed by atoms with Crippen molar-refractivity contribution in [3.05, 3.63) is 51.5 Å². The molecule has 0 fully saturated rings. The molecule has 0 unspecified atom stereocenters. The zero-order valence-corrected chi connectivity index (χ0v) is 13.8. The van der Waals surface area contributed by atoms with Gasteiger partial charge in [0, 0.05) is 23.9 Å². The van der Waals surface area contributed by atoms with E-state index < -0.39 is 23.5 Å². The number of amides is 1. The van der Waals surface area contributed by atoms with E-state index in [0.717, 1.165) is 22.7 Å². The maximum atomic E-state index is 13.4. The van der Waals surface area contributed by atoms with Crippen LogP contribution in [0.5, 0.6) is 0 Å². The number of aromatic nitrogens is 1. The number of rotatable bonds is 7. The van der Waals surface area contributed by atoms with Crippen molar-refractivity contribution in [1.82, 2.24) is 10.3 Å². The molecule has 8 heteroatoms. The monoisotopic (exact) mass is 354 g/mol. The number of esters is 1. The Kier molecular flexibility index (Phi) is 6.36. The highest BCUT2D eigenvalue weighted by Crippen LogP contribution is 2.12. The number of carbonyl (C=O) groups is 2. The Morgan fingerprint density at radius 1 is 1.33 bits per heavy atom. The summed E-state index contributed by atoms with van der Waals surface area (Å²) in [6.07, 6.45) is 0.561. The molecule has 2 rings (SSSR count). The van der Waals surface area contributed by atoms with Gasteiger partial charge in [-0.15, -0.1) is 11.3 Å². The zero-order chi connectivity index (χ0) is 17.5. The van der Waals surface area contributed by atoms with Crippen LogP contribution in [-0.2, 0) is 16.0 Å². The summed E-state index contributed by atoms with van der Waals surface area (Å²) >= 11 is 1.50. The van der Waals surface area contributed by atoms with Crippen LogP contribution < -0.4 is 5.32 Å². The Labute approximate surface area is 141 Å². The first-order valence-corrected chi connectivity index (χ1v) is 8.13. The van der Waals surface area contributed by atoms with Crippen molar-refractivity contribution in [3.8, 4) is 0 Å². The van der Waals surface area contributed by atoms with Crippen LogP contribution in [0.15, 0.2) is 23.7 Å². The molecule has 0 spiro atoms. The summed E-state index contributed by atoms with van der Waals surface area (Å²) in [5, 5.41) is 2.39. The summed E-state index contributed by atoms with van der Waals surface area (Å²) in [6.45, 7) is 2.13. The standard InChI is InChI=1S/C16H16F2N2O3S/c1-10-14(24-9-20-10)5-7-23-15(21)4-6-19-16(22)12-3-2-11(17)8-13(12)18/h2-3,8-9H,4-7H2,1H3,(H,19,22). The molecule has 1 aromatic heterocycles. The molecule has 0 saturated heterocycles. The second kappa shape index (κ2) is 8.49. The highest BCUT2D eigenvalue weighted by atomic mass is 32.1. The van der Waals surface area contributed by atoms with Crippen LogP contribution in [0.3, 0.4) is 0 Å². The molecule has 0 radical (unpaired) electrons. The number of benzene rings is 1. The molecule has 5 nitrogen and oxygen atoms in total. The summed E-state index contributed by atoms with van der Waals surface area (Å²) in [7, 11) is 0. The van der Waals surface area contributed by atoms with Gasteiger partial charge in [-0.1, -0.05) is 0 Å². The largest absolute Gasteiger partial charge is 0.465 e. The molecule has 0 bridgehead atoms. The lowest BCUT2D eigenvalue weighted by atomic mass is 10.2. The molecule has 128 valence electrons. The Balaban J connectivity index is 1.68. The minimum atomic E-state index is -0.949. The number of hydrogen-bond acceptors (Lipinski definition) is 5. The fraction of sp³-hybridized carbons (Fsp3) is 0.312. The lowest BCUT2D eigenvalue weighted by Gasteiger charge is -2.07. The van der Waals surface area contributed by atoms with Crippen LogP contribution in [-0.4, -0.2) is 30.0 Å². The van der Waals surface area contributed by atoms with Gasteiger partial charge < -0.3 is 10.1 Å². The Morgan fingerprint density at radius 3 is 2.79 bits per heavy atom. The van der Waals surface area contributed by atoms with Crippen LogP contribution in [0.2, 0.25) is 0 Å². The van der Waals surface area contributed by atoms with Crippen molar-refractivity contribution >= 4 is 23.2 Å². The van der Waals surface area contributed by atoms with Gasteiger partial charge in [0.1, 0.15) is 11.6 Å². The molecular formula is C16H16F2N2O3S. The second-order valence-electron chi connectivity index (χ2n) is 4.96. The maximum absolute atomic E-state index is 13.4. The molecule has 0 aliphatic carbocycles. The quantitative estimate of drug-likeness (QED) is 0.776. The fourth-order valence-electron chi connectivity index (χ4n) is 1.94. The SMILES string of the molecule is Cc1ncsc1CCOC(=O)CCNC(=O)c1ccc(F)cc1F. The minimum absolute atomic E-state index is 0.00800.